The highest BCUT2D eigenvalue weighted by Gasteiger charge is 2.19. The van der Waals surface area contributed by atoms with Gasteiger partial charge in [0.2, 0.25) is 5.91 Å². The number of carbonyl (C=O) groups excluding carboxylic acids is 2. The van der Waals surface area contributed by atoms with Gasteiger partial charge in [0.05, 0.1) is 16.7 Å². The summed E-state index contributed by atoms with van der Waals surface area (Å²) in [4.78, 5) is 47.4. The summed E-state index contributed by atoms with van der Waals surface area (Å²) in [7, 11) is 0. The lowest BCUT2D eigenvalue weighted by molar-refractivity contribution is -0.385. The van der Waals surface area contributed by atoms with Gasteiger partial charge in [-0.2, -0.15) is 0 Å². The Hall–Kier alpha value is -3.79. The number of benzene rings is 1. The molecule has 0 saturated carbocycles. The number of amides is 2. The van der Waals surface area contributed by atoms with E-state index in [2.05, 4.69) is 5.32 Å². The molecule has 3 aromatic rings. The molecular weight excluding hydrogens is 396 g/mol. The van der Waals surface area contributed by atoms with E-state index in [1.807, 2.05) is 30.3 Å². The molecule has 3 N–H and O–H groups in total. The van der Waals surface area contributed by atoms with E-state index in [1.54, 1.807) is 6.07 Å². The number of nitrogens with two attached hydrogens (primary N) is 1. The summed E-state index contributed by atoms with van der Waals surface area (Å²) >= 11 is 1.17. The molecule has 9 nitrogen and oxygen atoms in total. The molecule has 148 valence electrons. The number of nitrogens with one attached hydrogen (secondary N) is 1. The Balaban J connectivity index is 1.87. The zero-order valence-electron chi connectivity index (χ0n) is 15.2. The summed E-state index contributed by atoms with van der Waals surface area (Å²) in [6.07, 6.45) is 1.02. The minimum atomic E-state index is -0.707. The summed E-state index contributed by atoms with van der Waals surface area (Å²) in [5, 5.41) is 13.9. The Labute approximate surface area is 168 Å². The normalized spacial score (nSPS) is 10.5. The molecule has 3 rings (SSSR count). The van der Waals surface area contributed by atoms with E-state index >= 15 is 0 Å². The molecule has 2 heterocycles. The molecule has 0 atom stereocenters. The summed E-state index contributed by atoms with van der Waals surface area (Å²) in [5.41, 5.74) is 5.80. The molecule has 2 aromatic heterocycles. The van der Waals surface area contributed by atoms with Gasteiger partial charge in [-0.3, -0.25) is 29.1 Å². The quantitative estimate of drug-likeness (QED) is 0.473. The first-order valence-electron chi connectivity index (χ1n) is 8.40. The number of carbonyl (C=O) groups is 2. The third-order valence-electron chi connectivity index (χ3n) is 4.12. The van der Waals surface area contributed by atoms with Crippen molar-refractivity contribution in [3.05, 3.63) is 80.3 Å². The predicted octanol–water partition coefficient (Wildman–Crippen LogP) is 2.53. The van der Waals surface area contributed by atoms with Gasteiger partial charge >= 0.3 is 0 Å². The van der Waals surface area contributed by atoms with Gasteiger partial charge in [0.15, 0.2) is 0 Å². The largest absolute Gasteiger partial charge is 0.366 e. The van der Waals surface area contributed by atoms with Crippen LogP contribution in [0.5, 0.6) is 0 Å². The molecule has 29 heavy (non-hydrogen) atoms. The van der Waals surface area contributed by atoms with Crippen LogP contribution >= 0.6 is 11.3 Å². The lowest BCUT2D eigenvalue weighted by Gasteiger charge is -2.08. The van der Waals surface area contributed by atoms with E-state index in [4.69, 9.17) is 5.73 Å². The number of aryl methyl sites for hydroxylation is 1. The van der Waals surface area contributed by atoms with Crippen molar-refractivity contribution in [1.82, 2.24) is 4.57 Å². The van der Waals surface area contributed by atoms with E-state index in [1.165, 1.54) is 18.3 Å². The van der Waals surface area contributed by atoms with Crippen molar-refractivity contribution in [2.45, 2.75) is 13.5 Å². The Morgan fingerprint density at radius 3 is 2.55 bits per heavy atom. The highest BCUT2D eigenvalue weighted by Crippen LogP contribution is 2.35. The fourth-order valence-electron chi connectivity index (χ4n) is 2.70. The monoisotopic (exact) mass is 412 g/mol. The summed E-state index contributed by atoms with van der Waals surface area (Å²) in [6, 6.07) is 11.9. The number of hydrogen-bond donors (Lipinski definition) is 2. The average Bonchev–Trinajstić information content (AvgIpc) is 3.08. The van der Waals surface area contributed by atoms with Crippen molar-refractivity contribution in [3.63, 3.8) is 0 Å². The van der Waals surface area contributed by atoms with E-state index in [0.717, 1.165) is 27.3 Å². The van der Waals surface area contributed by atoms with Crippen LogP contribution in [0.4, 0.5) is 10.7 Å². The van der Waals surface area contributed by atoms with Gasteiger partial charge in [-0.1, -0.05) is 30.3 Å². The third kappa shape index (κ3) is 4.38. The van der Waals surface area contributed by atoms with Crippen molar-refractivity contribution in [2.75, 3.05) is 5.32 Å². The Morgan fingerprint density at radius 2 is 1.93 bits per heavy atom. The van der Waals surface area contributed by atoms with Crippen molar-refractivity contribution < 1.29 is 14.5 Å². The molecule has 0 radical (unpaired) electrons. The van der Waals surface area contributed by atoms with Crippen LogP contribution in [0.1, 0.15) is 15.9 Å². The molecular formula is C19H16N4O5S. The van der Waals surface area contributed by atoms with Crippen molar-refractivity contribution in [1.29, 1.82) is 0 Å². The van der Waals surface area contributed by atoms with Crippen LogP contribution in [-0.4, -0.2) is 21.3 Å². The smallest absolute Gasteiger partial charge is 0.288 e. The van der Waals surface area contributed by atoms with Gasteiger partial charge < -0.3 is 11.1 Å². The van der Waals surface area contributed by atoms with Crippen LogP contribution in [0, 0.1) is 17.0 Å². The van der Waals surface area contributed by atoms with Gasteiger partial charge in [-0.15, -0.1) is 11.3 Å². The van der Waals surface area contributed by atoms with E-state index in [0.29, 0.717) is 0 Å². The summed E-state index contributed by atoms with van der Waals surface area (Å²) in [6.45, 7) is 0.997. The Morgan fingerprint density at radius 1 is 1.24 bits per heavy atom. The van der Waals surface area contributed by atoms with Crippen molar-refractivity contribution >= 4 is 33.8 Å². The maximum atomic E-state index is 12.4. The minimum Gasteiger partial charge on any atom is -0.366 e. The fraction of sp³-hybridized carbons (Fsp3) is 0.105. The molecule has 1 aromatic carbocycles. The molecule has 2 amide bonds. The molecule has 0 bridgehead atoms. The summed E-state index contributed by atoms with van der Waals surface area (Å²) in [5.74, 6) is -1.32. The molecule has 0 aliphatic carbocycles. The number of thiophene rings is 1. The predicted molar refractivity (Wildman–Crippen MR) is 109 cm³/mol. The van der Waals surface area contributed by atoms with E-state index in [9.17, 15) is 24.5 Å². The topological polar surface area (TPSA) is 137 Å². The van der Waals surface area contributed by atoms with Crippen molar-refractivity contribution in [3.8, 4) is 10.4 Å². The summed E-state index contributed by atoms with van der Waals surface area (Å²) < 4.78 is 0.941. The lowest BCUT2D eigenvalue weighted by Crippen LogP contribution is -2.28. The SMILES string of the molecule is Cc1cc(=O)n(CC(=O)Nc2sc(-c3ccccc3)cc2C(N)=O)cc1[N+](=O)[O-]. The maximum Gasteiger partial charge on any atom is 0.288 e. The third-order valence-corrected chi connectivity index (χ3v) is 5.22. The van der Waals surface area contributed by atoms with Crippen LogP contribution in [0.15, 0.2) is 53.5 Å². The number of hydrogen-bond acceptors (Lipinski definition) is 6. The maximum absolute atomic E-state index is 12.4. The van der Waals surface area contributed by atoms with Crippen LogP contribution in [0.3, 0.4) is 0 Å². The second-order valence-electron chi connectivity index (χ2n) is 6.20. The van der Waals surface area contributed by atoms with Crippen LogP contribution < -0.4 is 16.6 Å². The second kappa shape index (κ2) is 8.07. The number of pyridine rings is 1. The van der Waals surface area contributed by atoms with Gasteiger partial charge in [-0.25, -0.2) is 0 Å². The molecule has 0 unspecified atom stereocenters. The molecule has 0 aliphatic rings. The molecule has 0 fully saturated rings. The highest BCUT2D eigenvalue weighted by molar-refractivity contribution is 7.20. The van der Waals surface area contributed by atoms with Crippen molar-refractivity contribution in [2.24, 2.45) is 5.73 Å². The van der Waals surface area contributed by atoms with Gasteiger partial charge in [0, 0.05) is 16.5 Å². The molecule has 10 heteroatoms. The van der Waals surface area contributed by atoms with Gasteiger partial charge in [-0.05, 0) is 18.6 Å². The molecule has 0 saturated heterocycles. The average molecular weight is 412 g/mol. The number of primary amides is 1. The standard InChI is InChI=1S/C19H16N4O5S/c1-11-7-17(25)22(9-14(11)23(27)28)10-16(24)21-19-13(18(20)26)8-15(29-19)12-5-3-2-4-6-12/h2-9H,10H2,1H3,(H2,20,26)(H,21,24). The number of anilines is 1. The lowest BCUT2D eigenvalue weighted by atomic mass is 10.1. The number of nitro groups is 1. The molecule has 0 spiro atoms. The number of rotatable bonds is 6. The molecule has 0 aliphatic heterocycles. The van der Waals surface area contributed by atoms with E-state index < -0.39 is 28.8 Å². The zero-order chi connectivity index (χ0) is 21.1. The fourth-order valence-corrected chi connectivity index (χ4v) is 3.79. The van der Waals surface area contributed by atoms with Crippen LogP contribution in [-0.2, 0) is 11.3 Å². The van der Waals surface area contributed by atoms with Gasteiger partial charge in [0.1, 0.15) is 11.5 Å². The second-order valence-corrected chi connectivity index (χ2v) is 7.25. The first-order chi connectivity index (χ1) is 13.8. The number of nitrogens with zero attached hydrogens (tertiary/aromatic N) is 2. The first kappa shape index (κ1) is 20.0. The van der Waals surface area contributed by atoms with E-state index in [-0.39, 0.29) is 21.8 Å². The highest BCUT2D eigenvalue weighted by atomic mass is 32.1. The van der Waals surface area contributed by atoms with Crippen LogP contribution in [0.25, 0.3) is 10.4 Å². The van der Waals surface area contributed by atoms with Gasteiger partial charge in [0.25, 0.3) is 17.2 Å². The first-order valence-corrected chi connectivity index (χ1v) is 9.22. The minimum absolute atomic E-state index is 0.143. The zero-order valence-corrected chi connectivity index (χ0v) is 16.1. The Kier molecular flexibility index (Phi) is 5.55. The Bertz CT molecular complexity index is 1170. The number of aromatic nitrogens is 1. The van der Waals surface area contributed by atoms with Crippen LogP contribution in [0.2, 0.25) is 0 Å².